The molecule has 2 atom stereocenters. The topological polar surface area (TPSA) is 167 Å². The fourth-order valence-electron chi connectivity index (χ4n) is 2.18. The van der Waals surface area contributed by atoms with Crippen molar-refractivity contribution in [2.24, 2.45) is 11.5 Å². The van der Waals surface area contributed by atoms with Crippen molar-refractivity contribution in [3.63, 3.8) is 0 Å². The van der Waals surface area contributed by atoms with Gasteiger partial charge in [-0.3, -0.25) is 9.59 Å². The first-order valence-electron chi connectivity index (χ1n) is 8.73. The number of carbonyl (C=O) groups is 4. The van der Waals surface area contributed by atoms with Crippen molar-refractivity contribution in [2.75, 3.05) is 27.2 Å². The summed E-state index contributed by atoms with van der Waals surface area (Å²) < 4.78 is 0. The molecule has 0 aromatic carbocycles. The molecule has 0 rings (SSSR count). The standard InChI is InChI=1S/2C9H16N2O3.Cu/c2*1-3-8(12)11(2)7(9(13)14)5-4-6-10;/h2*3,7H,1,4-6,10H2,2H3,(H,13,14);/t2*7-;/m00./s1. The molecule has 10 nitrogen and oxygen atoms in total. The van der Waals surface area contributed by atoms with Gasteiger partial charge in [0.25, 0.3) is 0 Å². The van der Waals surface area contributed by atoms with E-state index in [0.29, 0.717) is 38.8 Å². The molecule has 2 amide bonds. The Morgan fingerprint density at radius 3 is 1.28 bits per heavy atom. The maximum Gasteiger partial charge on any atom is 0.326 e. The molecule has 0 saturated carbocycles. The predicted octanol–water partition coefficient (Wildman–Crippen LogP) is -0.357. The maximum atomic E-state index is 11.1. The molecule has 1 radical (unpaired) electrons. The number of rotatable bonds is 12. The van der Waals surface area contributed by atoms with Crippen molar-refractivity contribution in [3.8, 4) is 0 Å². The van der Waals surface area contributed by atoms with Crippen LogP contribution in [0.4, 0.5) is 0 Å². The zero-order valence-electron chi connectivity index (χ0n) is 16.8. The van der Waals surface area contributed by atoms with Gasteiger partial charge in [0.05, 0.1) is 0 Å². The van der Waals surface area contributed by atoms with Crippen molar-refractivity contribution >= 4 is 23.8 Å². The van der Waals surface area contributed by atoms with E-state index in [2.05, 4.69) is 13.2 Å². The monoisotopic (exact) mass is 463 g/mol. The van der Waals surface area contributed by atoms with Crippen LogP contribution in [0.2, 0.25) is 0 Å². The van der Waals surface area contributed by atoms with Crippen LogP contribution in [0.3, 0.4) is 0 Å². The number of hydrogen-bond acceptors (Lipinski definition) is 6. The number of amides is 2. The summed E-state index contributed by atoms with van der Waals surface area (Å²) in [5.74, 6) is -2.82. The van der Waals surface area contributed by atoms with Crippen LogP contribution in [0, 0.1) is 0 Å². The quantitative estimate of drug-likeness (QED) is 0.225. The molecular weight excluding hydrogens is 432 g/mol. The van der Waals surface area contributed by atoms with E-state index in [4.69, 9.17) is 21.7 Å². The number of nitrogens with two attached hydrogens (primary N) is 2. The van der Waals surface area contributed by atoms with Crippen LogP contribution in [0.5, 0.6) is 0 Å². The molecule has 29 heavy (non-hydrogen) atoms. The summed E-state index contributed by atoms with van der Waals surface area (Å²) in [7, 11) is 2.89. The summed E-state index contributed by atoms with van der Waals surface area (Å²) in [6, 6.07) is -1.63. The second kappa shape index (κ2) is 17.9. The summed E-state index contributed by atoms with van der Waals surface area (Å²) in [4.78, 5) is 46.2. The van der Waals surface area contributed by atoms with Crippen LogP contribution in [-0.2, 0) is 36.2 Å². The van der Waals surface area contributed by atoms with Gasteiger partial charge in [0.2, 0.25) is 11.8 Å². The molecule has 0 fully saturated rings. The Morgan fingerprint density at radius 2 is 1.10 bits per heavy atom. The molecule has 0 aromatic rings. The van der Waals surface area contributed by atoms with Gasteiger partial charge in [-0.1, -0.05) is 13.2 Å². The Morgan fingerprint density at radius 1 is 0.828 bits per heavy atom. The van der Waals surface area contributed by atoms with E-state index in [1.807, 2.05) is 0 Å². The molecule has 0 aromatic heterocycles. The minimum absolute atomic E-state index is 0. The van der Waals surface area contributed by atoms with Crippen LogP contribution in [0.15, 0.2) is 25.3 Å². The van der Waals surface area contributed by atoms with Crippen LogP contribution in [0.1, 0.15) is 25.7 Å². The number of carboxylic acids is 2. The van der Waals surface area contributed by atoms with Gasteiger partial charge in [-0.15, -0.1) is 0 Å². The van der Waals surface area contributed by atoms with Crippen molar-refractivity contribution in [3.05, 3.63) is 25.3 Å². The van der Waals surface area contributed by atoms with E-state index in [1.54, 1.807) is 0 Å². The normalized spacial score (nSPS) is 11.4. The molecule has 6 N–H and O–H groups in total. The molecule has 171 valence electrons. The van der Waals surface area contributed by atoms with Crippen molar-refractivity contribution in [1.29, 1.82) is 0 Å². The summed E-state index contributed by atoms with van der Waals surface area (Å²) >= 11 is 0. The van der Waals surface area contributed by atoms with Crippen molar-refractivity contribution < 1.29 is 46.5 Å². The third kappa shape index (κ3) is 12.8. The molecular formula is C18H32CuN4O6. The molecule has 0 saturated heterocycles. The second-order valence-electron chi connectivity index (χ2n) is 5.88. The number of aliphatic carboxylic acids is 2. The molecule has 0 aliphatic heterocycles. The summed E-state index contributed by atoms with van der Waals surface area (Å²) in [6.45, 7) is 7.42. The smallest absolute Gasteiger partial charge is 0.326 e. The van der Waals surface area contributed by atoms with Gasteiger partial charge in [-0.05, 0) is 50.9 Å². The van der Waals surface area contributed by atoms with E-state index >= 15 is 0 Å². The fraction of sp³-hybridized carbons (Fsp3) is 0.556. The SMILES string of the molecule is C=CC(=O)N(C)[C@@H](CCCN)C(=O)O.C=CC(=O)N(C)[C@@H](CCCN)C(=O)O.[Cu]. The first-order chi connectivity index (χ1) is 13.1. The number of carbonyl (C=O) groups excluding carboxylic acids is 2. The number of nitrogens with zero attached hydrogens (tertiary/aromatic N) is 2. The van der Waals surface area contributed by atoms with Crippen molar-refractivity contribution in [1.82, 2.24) is 9.80 Å². The van der Waals surface area contributed by atoms with Crippen molar-refractivity contribution in [2.45, 2.75) is 37.8 Å². The third-order valence-electron chi connectivity index (χ3n) is 3.91. The number of hydrogen-bond donors (Lipinski definition) is 4. The van der Waals surface area contributed by atoms with Gasteiger partial charge < -0.3 is 31.5 Å². The fourth-order valence-corrected chi connectivity index (χ4v) is 2.18. The first kappa shape index (κ1) is 31.5. The third-order valence-corrected chi connectivity index (χ3v) is 3.91. The Kier molecular flexibility index (Phi) is 19.4. The van der Waals surface area contributed by atoms with E-state index in [0.717, 1.165) is 22.0 Å². The minimum Gasteiger partial charge on any atom is -0.480 e. The first-order valence-corrected chi connectivity index (χ1v) is 8.73. The molecule has 0 aliphatic carbocycles. The zero-order chi connectivity index (χ0) is 22.3. The molecule has 0 heterocycles. The number of carboxylic acid groups (broad SMARTS) is 2. The average molecular weight is 464 g/mol. The van der Waals surface area contributed by atoms with Gasteiger partial charge in [-0.25, -0.2) is 9.59 Å². The Hall–Kier alpha value is -2.20. The Balaban J connectivity index is -0.000000451. The molecule has 11 heteroatoms. The predicted molar refractivity (Wildman–Crippen MR) is 105 cm³/mol. The minimum atomic E-state index is -1.02. The summed E-state index contributed by atoms with van der Waals surface area (Å²) in [6.07, 6.45) is 4.07. The van der Waals surface area contributed by atoms with Crippen LogP contribution in [-0.4, -0.2) is 83.0 Å². The second-order valence-corrected chi connectivity index (χ2v) is 5.88. The molecule has 0 spiro atoms. The van der Waals surface area contributed by atoms with Gasteiger partial charge in [0.15, 0.2) is 0 Å². The Labute approximate surface area is 182 Å². The van der Waals surface area contributed by atoms with E-state index in [1.165, 1.54) is 14.1 Å². The van der Waals surface area contributed by atoms with Crippen LogP contribution >= 0.6 is 0 Å². The Bertz CT molecular complexity index is 510. The summed E-state index contributed by atoms with van der Waals surface area (Å²) in [5.41, 5.74) is 10.5. The van der Waals surface area contributed by atoms with Gasteiger partial charge in [-0.2, -0.15) is 0 Å². The van der Waals surface area contributed by atoms with E-state index in [9.17, 15) is 19.2 Å². The molecule has 0 bridgehead atoms. The van der Waals surface area contributed by atoms with Gasteiger partial charge in [0.1, 0.15) is 12.1 Å². The van der Waals surface area contributed by atoms with Gasteiger partial charge >= 0.3 is 11.9 Å². The van der Waals surface area contributed by atoms with Crippen LogP contribution in [0.25, 0.3) is 0 Å². The van der Waals surface area contributed by atoms with E-state index < -0.39 is 35.8 Å². The summed E-state index contributed by atoms with van der Waals surface area (Å²) in [5, 5.41) is 17.7. The van der Waals surface area contributed by atoms with E-state index in [-0.39, 0.29) is 17.1 Å². The van der Waals surface area contributed by atoms with Gasteiger partial charge in [0, 0.05) is 31.2 Å². The van der Waals surface area contributed by atoms with Crippen LogP contribution < -0.4 is 11.5 Å². The zero-order valence-corrected chi connectivity index (χ0v) is 17.8. The molecule has 0 aliphatic rings. The maximum absolute atomic E-state index is 11.1. The number of likely N-dealkylation sites (N-methyl/N-ethyl adjacent to an activating group) is 2. The average Bonchev–Trinajstić information content (AvgIpc) is 2.66. The molecule has 0 unspecified atom stereocenters. The largest absolute Gasteiger partial charge is 0.480 e.